The van der Waals surface area contributed by atoms with Gasteiger partial charge < -0.3 is 44.8 Å². The number of phenolic OH excluding ortho intramolecular Hbond substituents is 4. The zero-order chi connectivity index (χ0) is 28.0. The van der Waals surface area contributed by atoms with E-state index in [4.69, 9.17) is 9.47 Å². The van der Waals surface area contributed by atoms with E-state index in [2.05, 4.69) is 4.74 Å². The van der Waals surface area contributed by atoms with Crippen molar-refractivity contribution in [2.45, 2.75) is 36.8 Å². The number of hydrogen-bond acceptors (Lipinski definition) is 12. The van der Waals surface area contributed by atoms with Crippen LogP contribution in [0.4, 0.5) is 0 Å². The van der Waals surface area contributed by atoms with Crippen molar-refractivity contribution in [1.82, 2.24) is 0 Å². The van der Waals surface area contributed by atoms with E-state index in [1.54, 1.807) is 0 Å². The minimum atomic E-state index is -2.23. The van der Waals surface area contributed by atoms with Gasteiger partial charge in [-0.15, -0.1) is 0 Å². The van der Waals surface area contributed by atoms with Crippen LogP contribution in [0.5, 0.6) is 23.0 Å². The Bertz CT molecular complexity index is 1270. The number of aliphatic hydroxyl groups is 2. The second kappa shape index (κ2) is 11.7. The van der Waals surface area contributed by atoms with Crippen molar-refractivity contribution in [1.29, 1.82) is 0 Å². The Kier molecular flexibility index (Phi) is 8.61. The minimum absolute atomic E-state index is 0.334. The molecule has 0 heterocycles. The second-order valence-corrected chi connectivity index (χ2v) is 8.54. The van der Waals surface area contributed by atoms with Gasteiger partial charge in [-0.05, 0) is 47.5 Å². The van der Waals surface area contributed by atoms with Crippen molar-refractivity contribution >= 4 is 30.1 Å². The topological polar surface area (TPSA) is 200 Å². The molecule has 0 bridgehead atoms. The van der Waals surface area contributed by atoms with Crippen LogP contribution in [0, 0.1) is 0 Å². The summed E-state index contributed by atoms with van der Waals surface area (Å²) in [7, 11) is 1.03. The molecule has 6 N–H and O–H groups in total. The summed E-state index contributed by atoms with van der Waals surface area (Å²) in [4.78, 5) is 37.1. The fraction of sp³-hybridized carbons (Fsp3) is 0.269. The van der Waals surface area contributed by atoms with Crippen molar-refractivity contribution in [2.24, 2.45) is 0 Å². The third-order valence-electron chi connectivity index (χ3n) is 5.74. The summed E-state index contributed by atoms with van der Waals surface area (Å²) in [5.41, 5.74) is -1.55. The van der Waals surface area contributed by atoms with Crippen molar-refractivity contribution in [3.63, 3.8) is 0 Å². The van der Waals surface area contributed by atoms with Crippen molar-refractivity contribution in [3.8, 4) is 23.0 Å². The summed E-state index contributed by atoms with van der Waals surface area (Å²) in [5.74, 6) is -4.57. The quantitative estimate of drug-likeness (QED) is 0.129. The first kappa shape index (κ1) is 28.0. The molecule has 12 nitrogen and oxygen atoms in total. The van der Waals surface area contributed by atoms with Crippen LogP contribution in [0.3, 0.4) is 0 Å². The molecule has 2 aromatic carbocycles. The Morgan fingerprint density at radius 3 is 1.79 bits per heavy atom. The number of phenols is 4. The Hall–Kier alpha value is -4.55. The molecule has 0 amide bonds. The number of rotatable bonds is 7. The molecular formula is C26H26O12. The molecule has 0 radical (unpaired) electrons. The Labute approximate surface area is 216 Å². The van der Waals surface area contributed by atoms with Gasteiger partial charge in [-0.2, -0.15) is 0 Å². The molecule has 3 rings (SSSR count). The molecule has 1 fully saturated rings. The van der Waals surface area contributed by atoms with Gasteiger partial charge in [0.25, 0.3) is 0 Å². The first-order valence-electron chi connectivity index (χ1n) is 11.2. The predicted octanol–water partition coefficient (Wildman–Crippen LogP) is 1.12. The molecule has 2 aromatic rings. The van der Waals surface area contributed by atoms with Crippen LogP contribution in [-0.4, -0.2) is 79.6 Å². The first-order chi connectivity index (χ1) is 17.9. The van der Waals surface area contributed by atoms with Gasteiger partial charge in [0.15, 0.2) is 34.7 Å². The second-order valence-electron chi connectivity index (χ2n) is 8.54. The predicted molar refractivity (Wildman–Crippen MR) is 130 cm³/mol. The van der Waals surface area contributed by atoms with Crippen molar-refractivity contribution in [2.75, 3.05) is 7.11 Å². The Balaban J connectivity index is 1.77. The van der Waals surface area contributed by atoms with Gasteiger partial charge in [0.1, 0.15) is 6.10 Å². The lowest BCUT2D eigenvalue weighted by Gasteiger charge is -2.41. The van der Waals surface area contributed by atoms with Gasteiger partial charge in [0.2, 0.25) is 0 Å². The Morgan fingerprint density at radius 1 is 0.816 bits per heavy atom. The molecule has 1 aliphatic carbocycles. The molecule has 0 saturated heterocycles. The van der Waals surface area contributed by atoms with Crippen LogP contribution in [0.2, 0.25) is 0 Å². The molecule has 1 saturated carbocycles. The molecule has 0 spiro atoms. The monoisotopic (exact) mass is 530 g/mol. The highest BCUT2D eigenvalue weighted by Gasteiger charge is 2.52. The van der Waals surface area contributed by atoms with E-state index in [0.29, 0.717) is 11.1 Å². The fourth-order valence-corrected chi connectivity index (χ4v) is 3.84. The normalized spacial score (nSPS) is 23.3. The molecular weight excluding hydrogens is 504 g/mol. The summed E-state index contributed by atoms with van der Waals surface area (Å²) in [5, 5.41) is 59.2. The number of methoxy groups -OCH3 is 1. The van der Waals surface area contributed by atoms with E-state index in [1.165, 1.54) is 48.6 Å². The van der Waals surface area contributed by atoms with Crippen LogP contribution in [0.1, 0.15) is 24.0 Å². The third-order valence-corrected chi connectivity index (χ3v) is 5.74. The maximum atomic E-state index is 12.5. The smallest absolute Gasteiger partial charge is 0.338 e. The minimum Gasteiger partial charge on any atom is -0.504 e. The van der Waals surface area contributed by atoms with E-state index in [1.807, 2.05) is 0 Å². The van der Waals surface area contributed by atoms with Crippen molar-refractivity contribution in [3.05, 3.63) is 59.7 Å². The number of aromatic hydroxyl groups is 4. The third kappa shape index (κ3) is 6.81. The van der Waals surface area contributed by atoms with Gasteiger partial charge in [-0.25, -0.2) is 14.4 Å². The fourth-order valence-electron chi connectivity index (χ4n) is 3.84. The highest BCUT2D eigenvalue weighted by atomic mass is 16.6. The summed E-state index contributed by atoms with van der Waals surface area (Å²) < 4.78 is 15.2. The van der Waals surface area contributed by atoms with Crippen LogP contribution in [0.15, 0.2) is 48.6 Å². The molecule has 0 aliphatic heterocycles. The number of ether oxygens (including phenoxy) is 3. The number of benzene rings is 2. The highest BCUT2D eigenvalue weighted by molar-refractivity contribution is 5.88. The molecule has 4 atom stereocenters. The number of carbonyl (C=O) groups is 3. The van der Waals surface area contributed by atoms with E-state index < -0.39 is 66.2 Å². The molecule has 12 heteroatoms. The number of hydrogen-bond donors (Lipinski definition) is 6. The molecule has 1 aliphatic rings. The average Bonchev–Trinajstić information content (AvgIpc) is 2.87. The van der Waals surface area contributed by atoms with Crippen LogP contribution >= 0.6 is 0 Å². The van der Waals surface area contributed by atoms with Crippen molar-refractivity contribution < 1.29 is 59.2 Å². The lowest BCUT2D eigenvalue weighted by atomic mass is 9.79. The highest BCUT2D eigenvalue weighted by Crippen LogP contribution is 2.34. The van der Waals surface area contributed by atoms with E-state index in [9.17, 15) is 45.0 Å². The lowest BCUT2D eigenvalue weighted by molar-refractivity contribution is -0.206. The number of aliphatic hydroxyl groups excluding tert-OH is 1. The molecule has 4 unspecified atom stereocenters. The molecule has 202 valence electrons. The summed E-state index contributed by atoms with van der Waals surface area (Å²) in [6.07, 6.45) is -1.24. The van der Waals surface area contributed by atoms with Gasteiger partial charge in [0, 0.05) is 25.0 Å². The zero-order valence-electron chi connectivity index (χ0n) is 20.1. The number of esters is 3. The zero-order valence-corrected chi connectivity index (χ0v) is 20.1. The van der Waals surface area contributed by atoms with Gasteiger partial charge in [-0.1, -0.05) is 12.1 Å². The standard InChI is InChI=1S/C26H26O12/c1-36-25(34)26(35)12-20(31)24(38-23(33)9-5-15-3-7-17(28)19(30)11-15)21(13-26)37-22(32)8-4-14-2-6-16(27)18(29)10-14/h2-11,20-21,24,27-31,35H,12-13H2,1H3/b8-4+,9-5+. The van der Waals surface area contributed by atoms with Gasteiger partial charge in [0.05, 0.1) is 13.2 Å². The molecule has 38 heavy (non-hydrogen) atoms. The number of carbonyl (C=O) groups excluding carboxylic acids is 3. The first-order valence-corrected chi connectivity index (χ1v) is 11.2. The largest absolute Gasteiger partial charge is 0.504 e. The van der Waals surface area contributed by atoms with Crippen LogP contribution < -0.4 is 0 Å². The summed E-state index contributed by atoms with van der Waals surface area (Å²) in [6.45, 7) is 0. The van der Waals surface area contributed by atoms with E-state index in [0.717, 1.165) is 19.3 Å². The Morgan fingerprint density at radius 2 is 1.32 bits per heavy atom. The van der Waals surface area contributed by atoms with Crippen LogP contribution in [0.25, 0.3) is 12.2 Å². The summed E-state index contributed by atoms with van der Waals surface area (Å²) >= 11 is 0. The lowest BCUT2D eigenvalue weighted by Crippen LogP contribution is -2.58. The van der Waals surface area contributed by atoms with E-state index >= 15 is 0 Å². The van der Waals surface area contributed by atoms with Gasteiger partial charge in [-0.3, -0.25) is 0 Å². The average molecular weight is 530 g/mol. The van der Waals surface area contributed by atoms with Gasteiger partial charge >= 0.3 is 17.9 Å². The van der Waals surface area contributed by atoms with Crippen LogP contribution in [-0.2, 0) is 28.6 Å². The SMILES string of the molecule is COC(=O)C1(O)CC(O)C(OC(=O)/C=C/c2ccc(O)c(O)c2)C(OC(=O)/C=C/c2ccc(O)c(O)c2)C1. The summed E-state index contributed by atoms with van der Waals surface area (Å²) in [6, 6.07) is 7.61. The molecule has 0 aromatic heterocycles. The maximum absolute atomic E-state index is 12.5. The maximum Gasteiger partial charge on any atom is 0.338 e. The van der Waals surface area contributed by atoms with E-state index in [-0.39, 0.29) is 11.5 Å².